The lowest BCUT2D eigenvalue weighted by Gasteiger charge is -2.33. The molecular formula is C16H24Cl2N2O. The predicted molar refractivity (Wildman–Crippen MR) is 90.3 cm³/mol. The van der Waals surface area contributed by atoms with Crippen molar-refractivity contribution < 1.29 is 4.79 Å². The predicted octanol–water partition coefficient (Wildman–Crippen LogP) is 3.16. The van der Waals surface area contributed by atoms with E-state index in [2.05, 4.69) is 24.5 Å². The highest BCUT2D eigenvalue weighted by Crippen LogP contribution is 2.32. The van der Waals surface area contributed by atoms with Crippen molar-refractivity contribution in [2.75, 3.05) is 19.6 Å². The van der Waals surface area contributed by atoms with Gasteiger partial charge in [-0.1, -0.05) is 37.6 Å². The molecule has 118 valence electrons. The van der Waals surface area contributed by atoms with Gasteiger partial charge in [-0.25, -0.2) is 0 Å². The van der Waals surface area contributed by atoms with Crippen LogP contribution in [0.1, 0.15) is 32.3 Å². The van der Waals surface area contributed by atoms with Crippen molar-refractivity contribution in [3.63, 3.8) is 0 Å². The average molecular weight is 331 g/mol. The maximum atomic E-state index is 12.7. The second-order valence-electron chi connectivity index (χ2n) is 5.53. The topological polar surface area (TPSA) is 41.1 Å². The molecule has 1 aromatic rings. The Hall–Kier alpha value is -0.770. The fourth-order valence-corrected chi connectivity index (χ4v) is 2.90. The molecule has 1 heterocycles. The number of amides is 1. The molecule has 1 fully saturated rings. The minimum atomic E-state index is -0.443. The first-order valence-corrected chi connectivity index (χ1v) is 7.75. The van der Waals surface area contributed by atoms with E-state index in [1.165, 1.54) is 0 Å². The molecule has 2 N–H and O–H groups in total. The maximum absolute atomic E-state index is 12.7. The van der Waals surface area contributed by atoms with E-state index < -0.39 is 5.41 Å². The van der Waals surface area contributed by atoms with Crippen LogP contribution in [0, 0.1) is 5.92 Å². The van der Waals surface area contributed by atoms with Gasteiger partial charge in [-0.3, -0.25) is 4.79 Å². The van der Waals surface area contributed by atoms with E-state index in [-0.39, 0.29) is 18.3 Å². The Bertz CT molecular complexity index is 454. The van der Waals surface area contributed by atoms with Crippen LogP contribution in [-0.4, -0.2) is 25.5 Å². The minimum absolute atomic E-state index is 0. The molecule has 0 bridgehead atoms. The summed E-state index contributed by atoms with van der Waals surface area (Å²) in [5.74, 6) is 0.715. The smallest absolute Gasteiger partial charge is 0.230 e. The molecule has 0 saturated carbocycles. The van der Waals surface area contributed by atoms with Crippen LogP contribution in [-0.2, 0) is 10.2 Å². The second-order valence-corrected chi connectivity index (χ2v) is 5.97. The molecule has 1 saturated heterocycles. The quantitative estimate of drug-likeness (QED) is 0.841. The van der Waals surface area contributed by atoms with E-state index in [4.69, 9.17) is 11.6 Å². The summed E-state index contributed by atoms with van der Waals surface area (Å²) in [5.41, 5.74) is 0.609. The number of halogens is 2. The zero-order valence-corrected chi connectivity index (χ0v) is 14.2. The average Bonchev–Trinajstić information content (AvgIpc) is 2.41. The Morgan fingerprint density at radius 1 is 1.29 bits per heavy atom. The summed E-state index contributed by atoms with van der Waals surface area (Å²) in [6.07, 6.45) is 1.58. The third kappa shape index (κ3) is 3.91. The lowest BCUT2D eigenvalue weighted by Crippen LogP contribution is -2.51. The van der Waals surface area contributed by atoms with Gasteiger partial charge in [-0.2, -0.15) is 0 Å². The number of hydrogen-bond donors (Lipinski definition) is 2. The molecule has 1 aromatic carbocycles. The Labute approximate surface area is 138 Å². The van der Waals surface area contributed by atoms with Crippen molar-refractivity contribution >= 4 is 29.9 Å². The number of nitrogens with one attached hydrogen (secondary N) is 2. The van der Waals surface area contributed by atoms with Gasteiger partial charge in [0.2, 0.25) is 5.91 Å². The first-order chi connectivity index (χ1) is 9.62. The standard InChI is InChI=1S/C16H23ClN2O.ClH/c1-3-16(4-2,13-5-7-14(17)8-6-13)15(20)19-11-12-9-18-10-12;/h5-8,12,18H,3-4,9-11H2,1-2H3,(H,19,20);1H. The molecule has 1 aliphatic rings. The first kappa shape index (κ1) is 18.3. The van der Waals surface area contributed by atoms with Crippen LogP contribution in [0.5, 0.6) is 0 Å². The Morgan fingerprint density at radius 3 is 2.29 bits per heavy atom. The van der Waals surface area contributed by atoms with Gasteiger partial charge in [0.25, 0.3) is 0 Å². The number of rotatable bonds is 6. The molecule has 0 unspecified atom stereocenters. The Balaban J connectivity index is 0.00000220. The molecule has 2 rings (SSSR count). The van der Waals surface area contributed by atoms with Crippen LogP contribution >= 0.6 is 24.0 Å². The molecule has 0 atom stereocenters. The highest BCUT2D eigenvalue weighted by Gasteiger charge is 2.37. The molecule has 0 aromatic heterocycles. The molecule has 0 aliphatic carbocycles. The molecule has 0 radical (unpaired) electrons. The van der Waals surface area contributed by atoms with Crippen LogP contribution in [0.2, 0.25) is 5.02 Å². The van der Waals surface area contributed by atoms with Crippen LogP contribution in [0.3, 0.4) is 0 Å². The third-order valence-corrected chi connectivity index (χ3v) is 4.71. The third-order valence-electron chi connectivity index (χ3n) is 4.46. The van der Waals surface area contributed by atoms with Crippen LogP contribution < -0.4 is 10.6 Å². The highest BCUT2D eigenvalue weighted by molar-refractivity contribution is 6.30. The first-order valence-electron chi connectivity index (χ1n) is 7.37. The fourth-order valence-electron chi connectivity index (χ4n) is 2.78. The summed E-state index contributed by atoms with van der Waals surface area (Å²) < 4.78 is 0. The van der Waals surface area contributed by atoms with Crippen LogP contribution in [0.15, 0.2) is 24.3 Å². The van der Waals surface area contributed by atoms with Crippen molar-refractivity contribution in [3.8, 4) is 0 Å². The number of carbonyl (C=O) groups is 1. The van der Waals surface area contributed by atoms with E-state index in [1.807, 2.05) is 24.3 Å². The zero-order valence-electron chi connectivity index (χ0n) is 12.6. The van der Waals surface area contributed by atoms with Crippen molar-refractivity contribution in [1.29, 1.82) is 0 Å². The summed E-state index contributed by atoms with van der Waals surface area (Å²) in [6, 6.07) is 7.67. The van der Waals surface area contributed by atoms with Gasteiger partial charge < -0.3 is 10.6 Å². The molecule has 0 spiro atoms. The Kier molecular flexibility index (Phi) is 6.98. The lowest BCUT2D eigenvalue weighted by atomic mass is 9.75. The van der Waals surface area contributed by atoms with E-state index in [0.29, 0.717) is 10.9 Å². The summed E-state index contributed by atoms with van der Waals surface area (Å²) in [5, 5.41) is 7.06. The van der Waals surface area contributed by atoms with Crippen LogP contribution in [0.25, 0.3) is 0 Å². The number of carbonyl (C=O) groups excluding carboxylic acids is 1. The van der Waals surface area contributed by atoms with Crippen molar-refractivity contribution in [1.82, 2.24) is 10.6 Å². The zero-order chi connectivity index (χ0) is 14.6. The minimum Gasteiger partial charge on any atom is -0.355 e. The van der Waals surface area contributed by atoms with Crippen molar-refractivity contribution in [3.05, 3.63) is 34.9 Å². The molecule has 21 heavy (non-hydrogen) atoms. The Morgan fingerprint density at radius 2 is 1.86 bits per heavy atom. The van der Waals surface area contributed by atoms with Crippen LogP contribution in [0.4, 0.5) is 0 Å². The summed E-state index contributed by atoms with van der Waals surface area (Å²) in [6.45, 7) is 6.92. The molecule has 1 amide bonds. The van der Waals surface area contributed by atoms with Crippen molar-refractivity contribution in [2.24, 2.45) is 5.92 Å². The molecule has 5 heteroatoms. The summed E-state index contributed by atoms with van der Waals surface area (Å²) in [4.78, 5) is 12.7. The number of hydrogen-bond acceptors (Lipinski definition) is 2. The van der Waals surface area contributed by atoms with Gasteiger partial charge in [-0.05, 0) is 30.5 Å². The van der Waals surface area contributed by atoms with E-state index in [0.717, 1.165) is 38.0 Å². The van der Waals surface area contributed by atoms with Gasteiger partial charge in [0.05, 0.1) is 5.41 Å². The SMILES string of the molecule is CCC(CC)(C(=O)NCC1CNC1)c1ccc(Cl)cc1.Cl. The monoisotopic (exact) mass is 330 g/mol. The maximum Gasteiger partial charge on any atom is 0.230 e. The normalized spacial score (nSPS) is 15.0. The van der Waals surface area contributed by atoms with Gasteiger partial charge >= 0.3 is 0 Å². The highest BCUT2D eigenvalue weighted by atomic mass is 35.5. The largest absolute Gasteiger partial charge is 0.355 e. The lowest BCUT2D eigenvalue weighted by molar-refractivity contribution is -0.127. The second kappa shape index (κ2) is 8.02. The molecular weight excluding hydrogens is 307 g/mol. The van der Waals surface area contributed by atoms with Gasteiger partial charge in [0, 0.05) is 30.6 Å². The van der Waals surface area contributed by atoms with E-state index in [9.17, 15) is 4.79 Å². The number of benzene rings is 1. The molecule has 3 nitrogen and oxygen atoms in total. The van der Waals surface area contributed by atoms with Crippen molar-refractivity contribution in [2.45, 2.75) is 32.1 Å². The van der Waals surface area contributed by atoms with Gasteiger partial charge in [0.1, 0.15) is 0 Å². The summed E-state index contributed by atoms with van der Waals surface area (Å²) in [7, 11) is 0. The van der Waals surface area contributed by atoms with Gasteiger partial charge in [-0.15, -0.1) is 12.4 Å². The van der Waals surface area contributed by atoms with Gasteiger partial charge in [0.15, 0.2) is 0 Å². The van der Waals surface area contributed by atoms with E-state index >= 15 is 0 Å². The van der Waals surface area contributed by atoms with E-state index in [1.54, 1.807) is 0 Å². The fraction of sp³-hybridized carbons (Fsp3) is 0.562. The molecule has 1 aliphatic heterocycles. The summed E-state index contributed by atoms with van der Waals surface area (Å²) >= 11 is 5.95.